The van der Waals surface area contributed by atoms with E-state index in [1.807, 2.05) is 23.7 Å². The summed E-state index contributed by atoms with van der Waals surface area (Å²) >= 11 is 1.54. The first kappa shape index (κ1) is 13.9. The minimum atomic E-state index is 0.832. The Labute approximate surface area is 127 Å². The van der Waals surface area contributed by atoms with Crippen LogP contribution < -0.4 is 5.32 Å². The molecule has 0 aromatic carbocycles. The summed E-state index contributed by atoms with van der Waals surface area (Å²) in [5.41, 5.74) is 3.06. The highest BCUT2D eigenvalue weighted by Gasteiger charge is 2.10. The van der Waals surface area contributed by atoms with E-state index < -0.39 is 0 Å². The van der Waals surface area contributed by atoms with Gasteiger partial charge in [-0.15, -0.1) is 0 Å². The van der Waals surface area contributed by atoms with Gasteiger partial charge in [0.15, 0.2) is 5.65 Å². The Bertz CT molecular complexity index is 761. The Morgan fingerprint density at radius 1 is 1.24 bits per heavy atom. The predicted molar refractivity (Wildman–Crippen MR) is 85.0 cm³/mol. The van der Waals surface area contributed by atoms with Crippen LogP contribution in [0.1, 0.15) is 18.2 Å². The standard InChI is InChI=1S/C15H17N5S/c1-4-16-12-9-20-6-5-17-14(20)15(19-12)21-13-8-10(2)7-11(3)18-13/h5-9,16H,4H2,1-3H3. The Balaban J connectivity index is 2.04. The molecule has 0 aliphatic heterocycles. The van der Waals surface area contributed by atoms with Crippen molar-refractivity contribution in [2.75, 3.05) is 11.9 Å². The molecular weight excluding hydrogens is 282 g/mol. The van der Waals surface area contributed by atoms with E-state index in [2.05, 4.69) is 46.2 Å². The molecule has 0 aliphatic carbocycles. The Morgan fingerprint density at radius 3 is 2.86 bits per heavy atom. The van der Waals surface area contributed by atoms with Gasteiger partial charge in [-0.05, 0) is 50.2 Å². The Hall–Kier alpha value is -2.08. The third kappa shape index (κ3) is 3.00. The first-order chi connectivity index (χ1) is 10.2. The van der Waals surface area contributed by atoms with E-state index in [0.29, 0.717) is 0 Å². The van der Waals surface area contributed by atoms with E-state index in [4.69, 9.17) is 0 Å². The van der Waals surface area contributed by atoms with Crippen molar-refractivity contribution in [2.45, 2.75) is 30.8 Å². The fraction of sp³-hybridized carbons (Fsp3) is 0.267. The zero-order valence-corrected chi connectivity index (χ0v) is 13.1. The number of nitrogens with zero attached hydrogens (tertiary/aromatic N) is 4. The van der Waals surface area contributed by atoms with Crippen molar-refractivity contribution in [1.29, 1.82) is 0 Å². The quantitative estimate of drug-likeness (QED) is 0.801. The van der Waals surface area contributed by atoms with Crippen LogP contribution in [0.15, 0.2) is 40.8 Å². The second-order valence-electron chi connectivity index (χ2n) is 4.85. The lowest BCUT2D eigenvalue weighted by Gasteiger charge is -2.08. The molecule has 1 N–H and O–H groups in total. The van der Waals surface area contributed by atoms with Crippen molar-refractivity contribution in [2.24, 2.45) is 0 Å². The highest BCUT2D eigenvalue weighted by molar-refractivity contribution is 7.99. The van der Waals surface area contributed by atoms with Gasteiger partial charge in [-0.2, -0.15) is 0 Å². The molecule has 3 aromatic heterocycles. The molecule has 0 spiro atoms. The van der Waals surface area contributed by atoms with E-state index >= 15 is 0 Å². The Kier molecular flexibility index (Phi) is 3.79. The van der Waals surface area contributed by atoms with Crippen molar-refractivity contribution in [1.82, 2.24) is 19.4 Å². The summed E-state index contributed by atoms with van der Waals surface area (Å²) in [6, 6.07) is 4.14. The maximum atomic E-state index is 4.65. The molecular formula is C15H17N5S. The van der Waals surface area contributed by atoms with Gasteiger partial charge >= 0.3 is 0 Å². The summed E-state index contributed by atoms with van der Waals surface area (Å²) in [6.45, 7) is 6.97. The predicted octanol–water partition coefficient (Wildman–Crippen LogP) is 3.32. The number of rotatable bonds is 4. The van der Waals surface area contributed by atoms with Gasteiger partial charge in [-0.1, -0.05) is 0 Å². The number of aryl methyl sites for hydroxylation is 2. The fourth-order valence-electron chi connectivity index (χ4n) is 2.19. The highest BCUT2D eigenvalue weighted by atomic mass is 32.2. The van der Waals surface area contributed by atoms with Crippen LogP contribution in [-0.4, -0.2) is 25.9 Å². The summed E-state index contributed by atoms with van der Waals surface area (Å²) in [5, 5.41) is 5.05. The molecule has 108 valence electrons. The van der Waals surface area contributed by atoms with Crippen LogP contribution in [0.5, 0.6) is 0 Å². The highest BCUT2D eigenvalue weighted by Crippen LogP contribution is 2.29. The molecule has 0 atom stereocenters. The maximum Gasteiger partial charge on any atom is 0.170 e. The summed E-state index contributed by atoms with van der Waals surface area (Å²) < 4.78 is 1.98. The van der Waals surface area contributed by atoms with Gasteiger partial charge in [0.05, 0.1) is 6.20 Å². The van der Waals surface area contributed by atoms with E-state index in [1.165, 1.54) is 5.56 Å². The van der Waals surface area contributed by atoms with Crippen LogP contribution in [0.2, 0.25) is 0 Å². The van der Waals surface area contributed by atoms with Crippen LogP contribution in [0.4, 0.5) is 5.82 Å². The van der Waals surface area contributed by atoms with Gasteiger partial charge in [0.2, 0.25) is 0 Å². The van der Waals surface area contributed by atoms with Crippen molar-refractivity contribution >= 4 is 23.2 Å². The van der Waals surface area contributed by atoms with Crippen molar-refractivity contribution in [3.63, 3.8) is 0 Å². The van der Waals surface area contributed by atoms with E-state index in [-0.39, 0.29) is 0 Å². The van der Waals surface area contributed by atoms with Gasteiger partial charge in [-0.3, -0.25) is 0 Å². The lowest BCUT2D eigenvalue weighted by molar-refractivity contribution is 1.00. The summed E-state index contributed by atoms with van der Waals surface area (Å²) in [6.07, 6.45) is 5.66. The molecule has 0 bridgehead atoms. The molecule has 0 radical (unpaired) electrons. The molecule has 0 aliphatic rings. The van der Waals surface area contributed by atoms with Gasteiger partial charge in [0.25, 0.3) is 0 Å². The fourth-order valence-corrected chi connectivity index (χ4v) is 3.22. The van der Waals surface area contributed by atoms with Gasteiger partial charge in [0.1, 0.15) is 15.9 Å². The minimum absolute atomic E-state index is 0.832. The zero-order chi connectivity index (χ0) is 14.8. The largest absolute Gasteiger partial charge is 0.369 e. The molecule has 0 fully saturated rings. The molecule has 5 nitrogen and oxygen atoms in total. The van der Waals surface area contributed by atoms with Gasteiger partial charge in [-0.25, -0.2) is 15.0 Å². The average Bonchev–Trinajstić information content (AvgIpc) is 2.86. The topological polar surface area (TPSA) is 55.1 Å². The first-order valence-electron chi connectivity index (χ1n) is 6.86. The van der Waals surface area contributed by atoms with E-state index in [0.717, 1.165) is 33.8 Å². The van der Waals surface area contributed by atoms with Crippen molar-refractivity contribution < 1.29 is 0 Å². The number of anilines is 1. The molecule has 0 amide bonds. The number of hydrogen-bond acceptors (Lipinski definition) is 5. The van der Waals surface area contributed by atoms with Crippen LogP contribution in [0, 0.1) is 13.8 Å². The SMILES string of the molecule is CCNc1cn2ccnc2c(Sc2cc(C)cc(C)n2)n1. The lowest BCUT2D eigenvalue weighted by atomic mass is 10.3. The number of imidazole rings is 1. The molecule has 6 heteroatoms. The van der Waals surface area contributed by atoms with Crippen molar-refractivity contribution in [3.8, 4) is 0 Å². The van der Waals surface area contributed by atoms with Crippen molar-refractivity contribution in [3.05, 3.63) is 42.0 Å². The molecule has 3 aromatic rings. The first-order valence-corrected chi connectivity index (χ1v) is 7.68. The molecule has 3 rings (SSSR count). The monoisotopic (exact) mass is 299 g/mol. The third-order valence-corrected chi connectivity index (χ3v) is 3.86. The number of pyridine rings is 1. The van der Waals surface area contributed by atoms with Crippen LogP contribution in [0.3, 0.4) is 0 Å². The number of fused-ring (bicyclic) bond motifs is 1. The second-order valence-corrected chi connectivity index (χ2v) is 5.86. The summed E-state index contributed by atoms with van der Waals surface area (Å²) in [4.78, 5) is 13.6. The zero-order valence-electron chi connectivity index (χ0n) is 12.3. The number of hydrogen-bond donors (Lipinski definition) is 1. The molecule has 21 heavy (non-hydrogen) atoms. The normalized spacial score (nSPS) is 11.0. The average molecular weight is 299 g/mol. The van der Waals surface area contributed by atoms with E-state index in [1.54, 1.807) is 18.0 Å². The maximum absolute atomic E-state index is 4.65. The smallest absolute Gasteiger partial charge is 0.170 e. The Morgan fingerprint density at radius 2 is 2.10 bits per heavy atom. The van der Waals surface area contributed by atoms with Crippen LogP contribution in [-0.2, 0) is 0 Å². The summed E-state index contributed by atoms with van der Waals surface area (Å²) in [5.74, 6) is 0.842. The van der Waals surface area contributed by atoms with Gasteiger partial charge in [0, 0.05) is 24.6 Å². The lowest BCUT2D eigenvalue weighted by Crippen LogP contribution is -2.02. The second kappa shape index (κ2) is 5.73. The molecule has 3 heterocycles. The molecule has 0 saturated carbocycles. The van der Waals surface area contributed by atoms with Crippen LogP contribution in [0.25, 0.3) is 5.65 Å². The minimum Gasteiger partial charge on any atom is -0.369 e. The number of aromatic nitrogens is 4. The molecule has 0 unspecified atom stereocenters. The number of nitrogens with one attached hydrogen (secondary N) is 1. The third-order valence-electron chi connectivity index (χ3n) is 2.98. The van der Waals surface area contributed by atoms with E-state index in [9.17, 15) is 0 Å². The summed E-state index contributed by atoms with van der Waals surface area (Å²) in [7, 11) is 0. The molecule has 0 saturated heterocycles. The van der Waals surface area contributed by atoms with Gasteiger partial charge < -0.3 is 9.72 Å². The van der Waals surface area contributed by atoms with Crippen LogP contribution >= 0.6 is 11.8 Å².